The molecule has 0 aromatic carbocycles. The predicted octanol–water partition coefficient (Wildman–Crippen LogP) is 0.248. The third-order valence-corrected chi connectivity index (χ3v) is 2.39. The molecule has 0 aromatic rings. The SMILES string of the molecule is CCC1CC(=O)N(C)N(C)C1=O. The number of rotatable bonds is 1. The molecule has 1 atom stereocenters. The molecule has 4 heteroatoms. The molecule has 1 saturated heterocycles. The van der Waals surface area contributed by atoms with Crippen LogP contribution in [0.1, 0.15) is 19.8 Å². The van der Waals surface area contributed by atoms with E-state index in [1.54, 1.807) is 14.1 Å². The van der Waals surface area contributed by atoms with Crippen molar-refractivity contribution in [2.24, 2.45) is 5.92 Å². The summed E-state index contributed by atoms with van der Waals surface area (Å²) in [6.07, 6.45) is 1.10. The molecule has 4 nitrogen and oxygen atoms in total. The fourth-order valence-corrected chi connectivity index (χ4v) is 1.33. The van der Waals surface area contributed by atoms with Crippen molar-refractivity contribution < 1.29 is 9.59 Å². The van der Waals surface area contributed by atoms with Crippen LogP contribution in [0.15, 0.2) is 0 Å². The van der Waals surface area contributed by atoms with E-state index < -0.39 is 0 Å². The second-order valence-corrected chi connectivity index (χ2v) is 3.09. The molecule has 1 aliphatic heterocycles. The average Bonchev–Trinajstić information content (AvgIpc) is 2.08. The molecule has 12 heavy (non-hydrogen) atoms. The van der Waals surface area contributed by atoms with Crippen LogP contribution in [-0.4, -0.2) is 35.9 Å². The van der Waals surface area contributed by atoms with E-state index >= 15 is 0 Å². The van der Waals surface area contributed by atoms with Crippen LogP contribution in [0.3, 0.4) is 0 Å². The summed E-state index contributed by atoms with van der Waals surface area (Å²) < 4.78 is 0. The van der Waals surface area contributed by atoms with Crippen molar-refractivity contribution in [1.29, 1.82) is 0 Å². The van der Waals surface area contributed by atoms with Gasteiger partial charge in [-0.15, -0.1) is 0 Å². The van der Waals surface area contributed by atoms with Gasteiger partial charge in [-0.25, -0.2) is 0 Å². The first kappa shape index (κ1) is 9.03. The van der Waals surface area contributed by atoms with Crippen LogP contribution in [0, 0.1) is 5.92 Å². The average molecular weight is 170 g/mol. The highest BCUT2D eigenvalue weighted by Gasteiger charge is 2.33. The number of hydrogen-bond donors (Lipinski definition) is 0. The van der Waals surface area contributed by atoms with Gasteiger partial charge in [-0.05, 0) is 6.42 Å². The highest BCUT2D eigenvalue weighted by Crippen LogP contribution is 2.19. The molecule has 2 amide bonds. The maximum atomic E-state index is 11.4. The van der Waals surface area contributed by atoms with Crippen molar-refractivity contribution in [3.05, 3.63) is 0 Å². The second-order valence-electron chi connectivity index (χ2n) is 3.09. The molecular formula is C8H14N2O2. The van der Waals surface area contributed by atoms with E-state index in [0.717, 1.165) is 6.42 Å². The molecule has 1 fully saturated rings. The van der Waals surface area contributed by atoms with Crippen molar-refractivity contribution in [2.45, 2.75) is 19.8 Å². The van der Waals surface area contributed by atoms with Gasteiger partial charge in [0.05, 0.1) is 0 Å². The van der Waals surface area contributed by atoms with Crippen LogP contribution in [0.25, 0.3) is 0 Å². The first-order valence-corrected chi connectivity index (χ1v) is 4.12. The zero-order valence-electron chi connectivity index (χ0n) is 7.70. The van der Waals surface area contributed by atoms with Crippen molar-refractivity contribution in [2.75, 3.05) is 14.1 Å². The van der Waals surface area contributed by atoms with Gasteiger partial charge in [0.15, 0.2) is 0 Å². The normalized spacial score (nSPS) is 25.1. The minimum Gasteiger partial charge on any atom is -0.273 e. The molecule has 1 unspecified atom stereocenters. The van der Waals surface area contributed by atoms with E-state index in [0.29, 0.717) is 6.42 Å². The number of hydrazine groups is 1. The number of nitrogens with zero attached hydrogens (tertiary/aromatic N) is 2. The molecule has 1 rings (SSSR count). The van der Waals surface area contributed by atoms with E-state index in [9.17, 15) is 9.59 Å². The Balaban J connectivity index is 2.77. The molecule has 0 saturated carbocycles. The van der Waals surface area contributed by atoms with Crippen molar-refractivity contribution >= 4 is 11.8 Å². The summed E-state index contributed by atoms with van der Waals surface area (Å²) in [4.78, 5) is 22.7. The Morgan fingerprint density at radius 1 is 1.33 bits per heavy atom. The summed E-state index contributed by atoms with van der Waals surface area (Å²) >= 11 is 0. The van der Waals surface area contributed by atoms with Gasteiger partial charge in [0.2, 0.25) is 11.8 Å². The molecule has 0 N–H and O–H groups in total. The fraction of sp³-hybridized carbons (Fsp3) is 0.750. The first-order chi connectivity index (χ1) is 5.57. The van der Waals surface area contributed by atoms with Gasteiger partial charge in [-0.2, -0.15) is 0 Å². The van der Waals surface area contributed by atoms with Gasteiger partial charge >= 0.3 is 0 Å². The number of carbonyl (C=O) groups excluding carboxylic acids is 2. The molecule has 0 aliphatic carbocycles. The summed E-state index contributed by atoms with van der Waals surface area (Å²) in [6, 6.07) is 0. The summed E-state index contributed by atoms with van der Waals surface area (Å²) in [5, 5.41) is 2.76. The highest BCUT2D eigenvalue weighted by molar-refractivity contribution is 5.90. The lowest BCUT2D eigenvalue weighted by Gasteiger charge is -2.36. The van der Waals surface area contributed by atoms with Crippen molar-refractivity contribution in [1.82, 2.24) is 10.0 Å². The van der Waals surface area contributed by atoms with Gasteiger partial charge in [-0.1, -0.05) is 6.92 Å². The van der Waals surface area contributed by atoms with Gasteiger partial charge < -0.3 is 0 Å². The molecule has 0 bridgehead atoms. The monoisotopic (exact) mass is 170 g/mol. The van der Waals surface area contributed by atoms with E-state index in [1.165, 1.54) is 10.0 Å². The molecule has 68 valence electrons. The topological polar surface area (TPSA) is 40.6 Å². The minimum absolute atomic E-state index is 0.0175. The molecule has 0 aromatic heterocycles. The second kappa shape index (κ2) is 3.13. The largest absolute Gasteiger partial charge is 0.273 e. The van der Waals surface area contributed by atoms with Crippen LogP contribution in [0.5, 0.6) is 0 Å². The summed E-state index contributed by atoms with van der Waals surface area (Å²) in [5.41, 5.74) is 0. The number of carbonyl (C=O) groups is 2. The standard InChI is InChI=1S/C8H14N2O2/c1-4-6-5-7(11)9(2)10(3)8(6)12/h6H,4-5H2,1-3H3. The third kappa shape index (κ3) is 1.29. The molecule has 0 radical (unpaired) electrons. The van der Waals surface area contributed by atoms with Gasteiger partial charge in [-0.3, -0.25) is 19.6 Å². The Morgan fingerprint density at radius 3 is 2.42 bits per heavy atom. The quantitative estimate of drug-likeness (QED) is 0.566. The van der Waals surface area contributed by atoms with E-state index in [2.05, 4.69) is 0 Å². The zero-order chi connectivity index (χ0) is 9.30. The predicted molar refractivity (Wildman–Crippen MR) is 43.9 cm³/mol. The minimum atomic E-state index is -0.112. The summed E-state index contributed by atoms with van der Waals surface area (Å²) in [7, 11) is 3.24. The summed E-state index contributed by atoms with van der Waals surface area (Å²) in [6.45, 7) is 1.93. The van der Waals surface area contributed by atoms with Crippen molar-refractivity contribution in [3.63, 3.8) is 0 Å². The van der Waals surface area contributed by atoms with Crippen LogP contribution in [0.4, 0.5) is 0 Å². The molecule has 1 heterocycles. The smallest absolute Gasteiger partial charge is 0.244 e. The Hall–Kier alpha value is -1.06. The molecular weight excluding hydrogens is 156 g/mol. The van der Waals surface area contributed by atoms with Crippen LogP contribution < -0.4 is 0 Å². The van der Waals surface area contributed by atoms with E-state index in [1.807, 2.05) is 6.92 Å². The Labute approximate surface area is 72.1 Å². The molecule has 0 spiro atoms. The van der Waals surface area contributed by atoms with Crippen LogP contribution >= 0.6 is 0 Å². The Kier molecular flexibility index (Phi) is 2.35. The van der Waals surface area contributed by atoms with E-state index in [-0.39, 0.29) is 17.7 Å². The summed E-state index contributed by atoms with van der Waals surface area (Å²) in [5.74, 6) is -0.0535. The van der Waals surface area contributed by atoms with E-state index in [4.69, 9.17) is 0 Å². The van der Waals surface area contributed by atoms with Gasteiger partial charge in [0, 0.05) is 26.4 Å². The fourth-order valence-electron chi connectivity index (χ4n) is 1.33. The zero-order valence-corrected chi connectivity index (χ0v) is 7.70. The lowest BCUT2D eigenvalue weighted by atomic mass is 9.99. The number of hydrogen-bond acceptors (Lipinski definition) is 2. The van der Waals surface area contributed by atoms with Gasteiger partial charge in [0.25, 0.3) is 0 Å². The van der Waals surface area contributed by atoms with Crippen LogP contribution in [0.2, 0.25) is 0 Å². The Bertz CT molecular complexity index is 211. The Morgan fingerprint density at radius 2 is 1.92 bits per heavy atom. The first-order valence-electron chi connectivity index (χ1n) is 4.12. The lowest BCUT2D eigenvalue weighted by molar-refractivity contribution is -0.169. The number of amides is 2. The maximum absolute atomic E-state index is 11.4. The lowest BCUT2D eigenvalue weighted by Crippen LogP contribution is -2.52. The van der Waals surface area contributed by atoms with Gasteiger partial charge in [0.1, 0.15) is 0 Å². The maximum Gasteiger partial charge on any atom is 0.244 e. The van der Waals surface area contributed by atoms with Crippen molar-refractivity contribution in [3.8, 4) is 0 Å². The highest BCUT2D eigenvalue weighted by atomic mass is 16.2. The van der Waals surface area contributed by atoms with Crippen LogP contribution in [-0.2, 0) is 9.59 Å². The molecule has 1 aliphatic rings. The third-order valence-electron chi connectivity index (χ3n) is 2.39.